The maximum Gasteiger partial charge on any atom is 0.508 e. The van der Waals surface area contributed by atoms with Gasteiger partial charge in [-0.2, -0.15) is 0 Å². The second kappa shape index (κ2) is 28.3. The lowest BCUT2D eigenvalue weighted by atomic mass is 9.74. The topological polar surface area (TPSA) is 245 Å². The van der Waals surface area contributed by atoms with Gasteiger partial charge in [-0.15, -0.1) is 0 Å². The molecule has 91 heavy (non-hydrogen) atoms. The van der Waals surface area contributed by atoms with Crippen LogP contribution in [0.2, 0.25) is 0 Å². The third kappa shape index (κ3) is 17.3. The van der Waals surface area contributed by atoms with Gasteiger partial charge < -0.3 is 114 Å². The SMILES string of the molecule is C1CC2(COC3(OC2)OCC2(CCC4OC4C2)CO3)CC2OC12.C1CCC2OC3(CCCO3)OC2C1.C1COC2(C1)OCCO2.CC1(C)COC(=O)OC1.CC1(C)COC(=S)OC1.c1cc(OCC2COC3(CCCO3)O2)ccc1OCC1COC2(CCCO2)O1. The number of rotatable bonds is 6. The lowest BCUT2D eigenvalue weighted by Crippen LogP contribution is -2.59. The Hall–Kier alpha value is -2.94. The second-order valence-electron chi connectivity index (χ2n) is 28.6. The van der Waals surface area contributed by atoms with E-state index in [0.29, 0.717) is 142 Å². The van der Waals surface area contributed by atoms with Gasteiger partial charge in [0.15, 0.2) is 0 Å². The summed E-state index contributed by atoms with van der Waals surface area (Å²) >= 11 is 4.66. The second-order valence-corrected chi connectivity index (χ2v) is 28.9. The van der Waals surface area contributed by atoms with Crippen LogP contribution < -0.4 is 9.47 Å². The molecule has 0 radical (unpaired) electrons. The fourth-order valence-corrected chi connectivity index (χ4v) is 14.0. The molecule has 1 aromatic rings. The third-order valence-electron chi connectivity index (χ3n) is 19.3. The first kappa shape index (κ1) is 66.7. The summed E-state index contributed by atoms with van der Waals surface area (Å²) < 4.78 is 133. The minimum Gasteiger partial charge on any atom is -0.491 e. The Morgan fingerprint density at radius 3 is 1.19 bits per heavy atom. The maximum atomic E-state index is 10.3. The predicted octanol–water partition coefficient (Wildman–Crippen LogP) is 8.60. The molecule has 1 aromatic carbocycles. The van der Waals surface area contributed by atoms with Gasteiger partial charge in [0.1, 0.15) is 63.3 Å². The van der Waals surface area contributed by atoms with E-state index in [1.165, 1.54) is 12.8 Å². The van der Waals surface area contributed by atoms with Crippen molar-refractivity contribution in [2.24, 2.45) is 21.7 Å². The van der Waals surface area contributed by atoms with Crippen LogP contribution in [-0.2, 0) is 104 Å². The van der Waals surface area contributed by atoms with Gasteiger partial charge in [-0.3, -0.25) is 0 Å². The molecular weight excluding hydrogens is 1210 g/mol. The van der Waals surface area contributed by atoms with E-state index in [0.717, 1.165) is 127 Å². The maximum absolute atomic E-state index is 10.3. The van der Waals surface area contributed by atoms with Crippen molar-refractivity contribution in [3.8, 4) is 11.5 Å². The summed E-state index contributed by atoms with van der Waals surface area (Å²) in [5, 5.41) is 0.286. The number of hydrogen-bond acceptors (Lipinski definition) is 26. The Morgan fingerprint density at radius 2 is 0.802 bits per heavy atom. The van der Waals surface area contributed by atoms with Crippen molar-refractivity contribution in [1.29, 1.82) is 0 Å². The van der Waals surface area contributed by atoms with E-state index in [2.05, 4.69) is 35.5 Å². The van der Waals surface area contributed by atoms with Crippen LogP contribution in [0, 0.1) is 21.7 Å². The number of cyclic esters (lactones) is 2. The van der Waals surface area contributed by atoms with Gasteiger partial charge in [0.2, 0.25) is 0 Å². The minimum atomic E-state index is -1.26. The first-order valence-corrected chi connectivity index (χ1v) is 33.9. The van der Waals surface area contributed by atoms with E-state index >= 15 is 0 Å². The van der Waals surface area contributed by atoms with E-state index in [1.54, 1.807) is 0 Å². The average molecular weight is 1310 g/mol. The van der Waals surface area contributed by atoms with Crippen LogP contribution in [0.5, 0.6) is 11.5 Å². The number of ether oxygens (including phenoxy) is 24. The molecule has 26 heteroatoms. The Bertz CT molecular complexity index is 2330. The van der Waals surface area contributed by atoms with Crippen LogP contribution in [0.3, 0.4) is 0 Å². The Labute approximate surface area is 538 Å². The molecule has 7 spiro atoms. The number of carbonyl (C=O) groups excluding carboxylic acids is 1. The molecule has 512 valence electrons. The minimum absolute atomic E-state index is 0.00604. The number of benzene rings is 1. The zero-order valence-corrected chi connectivity index (χ0v) is 54.3. The molecule has 0 amide bonds. The van der Waals surface area contributed by atoms with Crippen LogP contribution in [0.15, 0.2) is 24.3 Å². The van der Waals surface area contributed by atoms with Gasteiger partial charge >= 0.3 is 17.6 Å². The number of thiocarbonyl (C=S) groups is 1. The molecule has 3 aliphatic carbocycles. The van der Waals surface area contributed by atoms with Crippen molar-refractivity contribution in [1.82, 2.24) is 0 Å². The number of fused-ring (bicyclic) bond motifs is 3. The number of carbonyl (C=O) groups is 1. The van der Waals surface area contributed by atoms with Crippen LogP contribution in [-0.4, -0.2) is 209 Å². The summed E-state index contributed by atoms with van der Waals surface area (Å²) in [5.41, 5.74) is 0.297. The Balaban J connectivity index is 0.000000107. The van der Waals surface area contributed by atoms with E-state index in [-0.39, 0.29) is 39.1 Å². The lowest BCUT2D eigenvalue weighted by molar-refractivity contribution is -0.548. The molecule has 0 N–H and O–H groups in total. The molecular formula is C65H96O25S. The van der Waals surface area contributed by atoms with Gasteiger partial charge in [-0.1, -0.05) is 40.5 Å². The van der Waals surface area contributed by atoms with Gasteiger partial charge in [0.05, 0.1) is 116 Å². The molecule has 18 rings (SSSR count). The summed E-state index contributed by atoms with van der Waals surface area (Å²) in [4.78, 5) is 10.3. The normalized spacial score (nSPS) is 41.9. The molecule has 17 aliphatic rings. The highest BCUT2D eigenvalue weighted by atomic mass is 32.1. The molecule has 10 atom stereocenters. The molecule has 25 nitrogen and oxygen atoms in total. The first-order chi connectivity index (χ1) is 43.9. The van der Waals surface area contributed by atoms with E-state index in [4.69, 9.17) is 104 Å². The molecule has 0 aromatic heterocycles. The fraction of sp³-hybridized carbons (Fsp3) is 0.877. The van der Waals surface area contributed by atoms with Gasteiger partial charge in [-0.25, -0.2) is 4.79 Å². The van der Waals surface area contributed by atoms with Crippen LogP contribution >= 0.6 is 12.2 Å². The van der Waals surface area contributed by atoms with Gasteiger partial charge in [-0.05, 0) is 101 Å². The highest BCUT2D eigenvalue weighted by Gasteiger charge is 2.60. The quantitative estimate of drug-likeness (QED) is 0.147. The molecule has 14 heterocycles. The summed E-state index contributed by atoms with van der Waals surface area (Å²) in [6, 6.07) is 7.50. The molecule has 14 aliphatic heterocycles. The van der Waals surface area contributed by atoms with Gasteiger partial charge in [0.25, 0.3) is 23.9 Å². The van der Waals surface area contributed by atoms with E-state index in [1.807, 2.05) is 38.1 Å². The van der Waals surface area contributed by atoms with Crippen molar-refractivity contribution in [3.05, 3.63) is 24.3 Å². The van der Waals surface area contributed by atoms with Gasteiger partial charge in [0, 0.05) is 59.6 Å². The fourth-order valence-electron chi connectivity index (χ4n) is 13.9. The summed E-state index contributed by atoms with van der Waals surface area (Å²) in [5.74, 6) is -1.40. The Kier molecular flexibility index (Phi) is 20.7. The highest BCUT2D eigenvalue weighted by Crippen LogP contribution is 2.53. The highest BCUT2D eigenvalue weighted by molar-refractivity contribution is 7.79. The average Bonchev–Trinajstić information content (AvgIpc) is 1.74. The lowest BCUT2D eigenvalue weighted by Gasteiger charge is -2.50. The first-order valence-electron chi connectivity index (χ1n) is 33.5. The molecule has 10 unspecified atom stereocenters. The van der Waals surface area contributed by atoms with Crippen molar-refractivity contribution >= 4 is 23.6 Å². The summed E-state index contributed by atoms with van der Waals surface area (Å²) in [7, 11) is 0. The standard InChI is InChI=1S/C20H26O8.C17H24O6.C10H16O3.2C6H10O3.C6H10O2S/c1-7-19(23-9-1)25-13-17(27-19)11-21-15-3-5-16(6-4-15)22-12-18-14-26-20(28-18)8-2-10-24-20;1-3-15(5-13-11(1)22-13)7-18-17(19-8-15)20-9-16(10-21-17)4-2-12-14(6-16)23-12;1-2-5-9-8(4-1)12-10(13-9)6-3-7-11-10;1-2-6(7-3-1)8-4-5-9-6;1-6(2)3-8-5(7)9-4-6;1-6(2)3-7-5(9)8-4-6/h3-6,17-18H,1-2,7-14H2;11-14H,1-10H2;8-9H,1-7H2;1-5H2;2*3-4H2,1-2H3. The van der Waals surface area contributed by atoms with Crippen molar-refractivity contribution in [3.63, 3.8) is 0 Å². The number of epoxide rings is 2. The molecule has 3 saturated carbocycles. The van der Waals surface area contributed by atoms with Crippen molar-refractivity contribution in [2.45, 2.75) is 222 Å². The predicted molar refractivity (Wildman–Crippen MR) is 317 cm³/mol. The number of hydrogen-bond donors (Lipinski definition) is 0. The zero-order valence-electron chi connectivity index (χ0n) is 53.5. The van der Waals surface area contributed by atoms with Crippen LogP contribution in [0.1, 0.15) is 143 Å². The molecule has 14 saturated heterocycles. The van der Waals surface area contributed by atoms with Crippen LogP contribution in [0.4, 0.5) is 4.79 Å². The summed E-state index contributed by atoms with van der Waals surface area (Å²) in [6.07, 6.45) is 19.2. The van der Waals surface area contributed by atoms with Crippen LogP contribution in [0.25, 0.3) is 0 Å². The Morgan fingerprint density at radius 1 is 0.407 bits per heavy atom. The monoisotopic (exact) mass is 1310 g/mol. The molecule has 0 bridgehead atoms. The van der Waals surface area contributed by atoms with E-state index < -0.39 is 36.2 Å². The third-order valence-corrected chi connectivity index (χ3v) is 19.5. The van der Waals surface area contributed by atoms with Crippen molar-refractivity contribution in [2.75, 3.05) is 119 Å². The zero-order chi connectivity index (χ0) is 62.7. The van der Waals surface area contributed by atoms with E-state index in [9.17, 15) is 4.79 Å². The smallest absolute Gasteiger partial charge is 0.491 e. The summed E-state index contributed by atoms with van der Waals surface area (Å²) in [6.45, 7) is 19.0. The van der Waals surface area contributed by atoms with Crippen molar-refractivity contribution < 1.29 is 118 Å². The molecule has 17 fully saturated rings. The largest absolute Gasteiger partial charge is 0.508 e.